The number of aromatic nitrogens is 2. The van der Waals surface area contributed by atoms with Gasteiger partial charge in [0, 0.05) is 22.2 Å². The van der Waals surface area contributed by atoms with Gasteiger partial charge in [0.05, 0.1) is 12.1 Å². The van der Waals surface area contributed by atoms with Crippen molar-refractivity contribution in [3.63, 3.8) is 0 Å². The highest BCUT2D eigenvalue weighted by molar-refractivity contribution is 7.12. The average Bonchev–Trinajstić information content (AvgIpc) is 3.00. The fraction of sp³-hybridized carbons (Fsp3) is 0.250. The molecule has 0 aliphatic heterocycles. The highest BCUT2D eigenvalue weighted by Crippen LogP contribution is 2.23. The number of nitrogens with zero attached hydrogens (tertiary/aromatic N) is 2. The van der Waals surface area contributed by atoms with Crippen molar-refractivity contribution in [3.8, 4) is 0 Å². The molecule has 0 unspecified atom stereocenters. The normalized spacial score (nSPS) is 10.8. The summed E-state index contributed by atoms with van der Waals surface area (Å²) in [5, 5.41) is 7.49. The Balaban J connectivity index is 1.88. The molecule has 5 heteroatoms. The molecule has 0 saturated heterocycles. The first-order valence-electron chi connectivity index (χ1n) is 7.06. The van der Waals surface area contributed by atoms with E-state index in [9.17, 15) is 0 Å². The number of nitrogens with one attached hydrogen (secondary N) is 2. The molecule has 0 atom stereocenters. The maximum atomic E-state index is 4.53. The van der Waals surface area contributed by atoms with Gasteiger partial charge in [0.25, 0.3) is 0 Å². The number of aryl methyl sites for hydroxylation is 1. The molecule has 0 bridgehead atoms. The zero-order valence-corrected chi connectivity index (χ0v) is 13.0. The quantitative estimate of drug-likeness (QED) is 0.750. The standard InChI is InChI=1S/C16H18N4S/c1-3-11-8-9-12(21-11)10-18-15-13-6-4-5-7-14(13)19-16(17-2)20-15/h4-9H,3,10H2,1-2H3,(H2,17,18,19,20). The van der Waals surface area contributed by atoms with Gasteiger partial charge in [0.15, 0.2) is 0 Å². The van der Waals surface area contributed by atoms with Crippen molar-refractivity contribution in [2.45, 2.75) is 19.9 Å². The molecule has 0 radical (unpaired) electrons. The van der Waals surface area contributed by atoms with Gasteiger partial charge in [-0.25, -0.2) is 4.98 Å². The highest BCUT2D eigenvalue weighted by atomic mass is 32.1. The van der Waals surface area contributed by atoms with Gasteiger partial charge in [0.1, 0.15) is 5.82 Å². The second-order valence-electron chi connectivity index (χ2n) is 4.74. The Kier molecular flexibility index (Phi) is 4.01. The van der Waals surface area contributed by atoms with Crippen molar-refractivity contribution < 1.29 is 0 Å². The molecule has 21 heavy (non-hydrogen) atoms. The van der Waals surface area contributed by atoms with Crippen molar-refractivity contribution in [1.29, 1.82) is 0 Å². The fourth-order valence-corrected chi connectivity index (χ4v) is 3.10. The van der Waals surface area contributed by atoms with Gasteiger partial charge in [-0.3, -0.25) is 0 Å². The Morgan fingerprint density at radius 3 is 2.62 bits per heavy atom. The number of hydrogen-bond donors (Lipinski definition) is 2. The van der Waals surface area contributed by atoms with E-state index in [-0.39, 0.29) is 0 Å². The van der Waals surface area contributed by atoms with E-state index in [1.807, 2.05) is 42.6 Å². The molecule has 2 heterocycles. The molecule has 4 nitrogen and oxygen atoms in total. The molecule has 3 rings (SSSR count). The zero-order chi connectivity index (χ0) is 14.7. The van der Waals surface area contributed by atoms with Crippen LogP contribution in [0.2, 0.25) is 0 Å². The molecule has 2 aromatic heterocycles. The van der Waals surface area contributed by atoms with Crippen LogP contribution in [-0.2, 0) is 13.0 Å². The minimum Gasteiger partial charge on any atom is -0.364 e. The molecule has 0 fully saturated rings. The van der Waals surface area contributed by atoms with Crippen LogP contribution in [0.4, 0.5) is 11.8 Å². The van der Waals surface area contributed by atoms with Crippen molar-refractivity contribution >= 4 is 34.0 Å². The number of fused-ring (bicyclic) bond motifs is 1. The molecule has 108 valence electrons. The van der Waals surface area contributed by atoms with Gasteiger partial charge in [-0.05, 0) is 30.7 Å². The lowest BCUT2D eigenvalue weighted by Gasteiger charge is -2.09. The lowest BCUT2D eigenvalue weighted by molar-refractivity contribution is 1.12. The summed E-state index contributed by atoms with van der Waals surface area (Å²) in [6.07, 6.45) is 1.09. The Morgan fingerprint density at radius 1 is 1.05 bits per heavy atom. The van der Waals surface area contributed by atoms with Gasteiger partial charge in [-0.15, -0.1) is 11.3 Å². The first-order chi connectivity index (χ1) is 10.3. The Bertz CT molecular complexity index is 751. The summed E-state index contributed by atoms with van der Waals surface area (Å²) in [5.41, 5.74) is 0.944. The van der Waals surface area contributed by atoms with Gasteiger partial charge in [-0.2, -0.15) is 4.98 Å². The summed E-state index contributed by atoms with van der Waals surface area (Å²) in [5.74, 6) is 1.51. The van der Waals surface area contributed by atoms with Crippen LogP contribution in [0, 0.1) is 0 Å². The number of hydrogen-bond acceptors (Lipinski definition) is 5. The molecule has 2 N–H and O–H groups in total. The smallest absolute Gasteiger partial charge is 0.224 e. The summed E-state index contributed by atoms with van der Waals surface area (Å²) in [7, 11) is 1.83. The number of benzene rings is 1. The molecule has 1 aromatic carbocycles. The average molecular weight is 298 g/mol. The van der Waals surface area contributed by atoms with Crippen LogP contribution in [0.15, 0.2) is 36.4 Å². The predicted molar refractivity (Wildman–Crippen MR) is 90.1 cm³/mol. The minimum absolute atomic E-state index is 0.636. The highest BCUT2D eigenvalue weighted by Gasteiger charge is 2.07. The van der Waals surface area contributed by atoms with Crippen LogP contribution in [0.5, 0.6) is 0 Å². The minimum atomic E-state index is 0.636. The third-order valence-corrected chi connectivity index (χ3v) is 4.55. The van der Waals surface area contributed by atoms with Crippen LogP contribution in [0.1, 0.15) is 16.7 Å². The van der Waals surface area contributed by atoms with Crippen molar-refractivity contribution in [2.75, 3.05) is 17.7 Å². The first kappa shape index (κ1) is 13.8. The number of anilines is 2. The van der Waals surface area contributed by atoms with E-state index in [0.29, 0.717) is 5.95 Å². The summed E-state index contributed by atoms with van der Waals surface area (Å²) >= 11 is 1.85. The van der Waals surface area contributed by atoms with Crippen molar-refractivity contribution in [3.05, 3.63) is 46.2 Å². The monoisotopic (exact) mass is 298 g/mol. The molecule has 0 spiro atoms. The van der Waals surface area contributed by atoms with Crippen LogP contribution in [0.3, 0.4) is 0 Å². The van der Waals surface area contributed by atoms with E-state index in [0.717, 1.165) is 29.7 Å². The maximum absolute atomic E-state index is 4.53. The zero-order valence-electron chi connectivity index (χ0n) is 12.2. The summed E-state index contributed by atoms with van der Waals surface area (Å²) < 4.78 is 0. The van der Waals surface area contributed by atoms with E-state index < -0.39 is 0 Å². The summed E-state index contributed by atoms with van der Waals surface area (Å²) in [4.78, 5) is 11.7. The molecule has 3 aromatic rings. The lowest BCUT2D eigenvalue weighted by Crippen LogP contribution is -2.04. The van der Waals surface area contributed by atoms with E-state index in [1.54, 1.807) is 0 Å². The lowest BCUT2D eigenvalue weighted by atomic mass is 10.2. The van der Waals surface area contributed by atoms with Gasteiger partial charge in [0.2, 0.25) is 5.95 Å². The number of rotatable bonds is 5. The van der Waals surface area contributed by atoms with Crippen LogP contribution >= 0.6 is 11.3 Å². The van der Waals surface area contributed by atoms with Gasteiger partial charge < -0.3 is 10.6 Å². The van der Waals surface area contributed by atoms with E-state index >= 15 is 0 Å². The van der Waals surface area contributed by atoms with E-state index in [1.165, 1.54) is 9.75 Å². The second kappa shape index (κ2) is 6.10. The third kappa shape index (κ3) is 2.97. The summed E-state index contributed by atoms with van der Waals surface area (Å²) in [6.45, 7) is 2.97. The SMILES string of the molecule is CCc1ccc(CNc2nc(NC)nc3ccccc23)s1. The Labute approximate surface area is 128 Å². The molecule has 0 aliphatic rings. The van der Waals surface area contributed by atoms with Crippen LogP contribution < -0.4 is 10.6 Å². The molecule has 0 saturated carbocycles. The third-order valence-electron chi connectivity index (χ3n) is 3.32. The van der Waals surface area contributed by atoms with Crippen LogP contribution in [0.25, 0.3) is 10.9 Å². The number of thiophene rings is 1. The topological polar surface area (TPSA) is 49.8 Å². The van der Waals surface area contributed by atoms with Crippen molar-refractivity contribution in [2.24, 2.45) is 0 Å². The van der Waals surface area contributed by atoms with E-state index in [2.05, 4.69) is 39.7 Å². The largest absolute Gasteiger partial charge is 0.364 e. The fourth-order valence-electron chi connectivity index (χ4n) is 2.20. The predicted octanol–water partition coefficient (Wildman–Crippen LogP) is 3.91. The van der Waals surface area contributed by atoms with Gasteiger partial charge in [-0.1, -0.05) is 19.1 Å². The first-order valence-corrected chi connectivity index (χ1v) is 7.87. The van der Waals surface area contributed by atoms with E-state index in [4.69, 9.17) is 0 Å². The maximum Gasteiger partial charge on any atom is 0.224 e. The van der Waals surface area contributed by atoms with Crippen molar-refractivity contribution in [1.82, 2.24) is 9.97 Å². The van der Waals surface area contributed by atoms with Crippen LogP contribution in [-0.4, -0.2) is 17.0 Å². The molecular formula is C16H18N4S. The second-order valence-corrected chi connectivity index (χ2v) is 5.99. The van der Waals surface area contributed by atoms with Gasteiger partial charge >= 0.3 is 0 Å². The molecule has 0 amide bonds. The Hall–Kier alpha value is -2.14. The molecular weight excluding hydrogens is 280 g/mol. The molecule has 0 aliphatic carbocycles. The Morgan fingerprint density at radius 2 is 1.86 bits per heavy atom. The summed E-state index contributed by atoms with van der Waals surface area (Å²) in [6, 6.07) is 12.4. The number of para-hydroxylation sites is 1.